The summed E-state index contributed by atoms with van der Waals surface area (Å²) in [6.45, 7) is 0. The average Bonchev–Trinajstić information content (AvgIpc) is 2.75. The van der Waals surface area contributed by atoms with Gasteiger partial charge in [-0.3, -0.25) is 0 Å². The van der Waals surface area contributed by atoms with Crippen LogP contribution in [0.4, 0.5) is 0 Å². The minimum Gasteiger partial charge on any atom is -0.309 e. The molecule has 1 N–H and O–H groups in total. The predicted octanol–water partition coefficient (Wildman–Crippen LogP) is 3.82. The van der Waals surface area contributed by atoms with Crippen LogP contribution in [0.3, 0.4) is 0 Å². The zero-order valence-corrected chi connectivity index (χ0v) is 10.8. The first-order chi connectivity index (χ1) is 7.31. The molecule has 0 spiro atoms. The Morgan fingerprint density at radius 3 is 2.47 bits per heavy atom. The summed E-state index contributed by atoms with van der Waals surface area (Å²) in [5.74, 6) is 0. The molecule has 0 saturated heterocycles. The summed E-state index contributed by atoms with van der Waals surface area (Å²) in [6, 6.07) is 13.0. The summed E-state index contributed by atoms with van der Waals surface area (Å²) >= 11 is 5.23. The van der Waals surface area contributed by atoms with E-state index in [0.29, 0.717) is 6.04 Å². The summed E-state index contributed by atoms with van der Waals surface area (Å²) in [5, 5.41) is 5.44. The number of nitrogens with one attached hydrogen (secondary N) is 1. The topological polar surface area (TPSA) is 12.0 Å². The van der Waals surface area contributed by atoms with E-state index in [4.69, 9.17) is 0 Å². The Morgan fingerprint density at radius 1 is 1.20 bits per heavy atom. The summed E-state index contributed by atoms with van der Waals surface area (Å²) < 4.78 is 1.12. The van der Waals surface area contributed by atoms with Crippen molar-refractivity contribution in [3.8, 4) is 0 Å². The number of hydrogen-bond acceptors (Lipinski definition) is 2. The maximum Gasteiger partial charge on any atom is 0.0668 e. The zero-order valence-electron chi connectivity index (χ0n) is 8.41. The Morgan fingerprint density at radius 2 is 1.93 bits per heavy atom. The van der Waals surface area contributed by atoms with Crippen LogP contribution < -0.4 is 5.32 Å². The van der Waals surface area contributed by atoms with E-state index in [1.807, 2.05) is 7.05 Å². The molecule has 1 atom stereocenters. The van der Waals surface area contributed by atoms with Crippen LogP contribution >= 0.6 is 27.3 Å². The molecule has 1 heterocycles. The van der Waals surface area contributed by atoms with Crippen LogP contribution in [-0.2, 0) is 0 Å². The van der Waals surface area contributed by atoms with E-state index in [9.17, 15) is 0 Å². The lowest BCUT2D eigenvalue weighted by molar-refractivity contribution is 0.704. The van der Waals surface area contributed by atoms with Crippen LogP contribution in [0, 0.1) is 0 Å². The Bertz CT molecular complexity index is 408. The van der Waals surface area contributed by atoms with Gasteiger partial charge in [0.05, 0.1) is 6.04 Å². The number of rotatable bonds is 3. The standard InChI is InChI=1S/C12H12BrNS/c1-14-12(11-3-2-8-15-11)9-4-6-10(13)7-5-9/h2-8,12,14H,1H3. The predicted molar refractivity (Wildman–Crippen MR) is 69.4 cm³/mol. The van der Waals surface area contributed by atoms with Gasteiger partial charge < -0.3 is 5.32 Å². The van der Waals surface area contributed by atoms with Crippen LogP contribution in [0.15, 0.2) is 46.3 Å². The average molecular weight is 282 g/mol. The third kappa shape index (κ3) is 2.48. The number of thiophene rings is 1. The molecule has 2 aromatic rings. The van der Waals surface area contributed by atoms with E-state index in [0.717, 1.165) is 4.47 Å². The first kappa shape index (κ1) is 10.9. The molecule has 0 radical (unpaired) electrons. The van der Waals surface area contributed by atoms with Crippen molar-refractivity contribution >= 4 is 27.3 Å². The van der Waals surface area contributed by atoms with Crippen molar-refractivity contribution in [3.05, 3.63) is 56.7 Å². The Balaban J connectivity index is 2.31. The van der Waals surface area contributed by atoms with Gasteiger partial charge in [0, 0.05) is 9.35 Å². The van der Waals surface area contributed by atoms with Crippen LogP contribution in [-0.4, -0.2) is 7.05 Å². The molecule has 1 aromatic heterocycles. The molecule has 0 aliphatic carbocycles. The van der Waals surface area contributed by atoms with Gasteiger partial charge in [0.2, 0.25) is 0 Å². The van der Waals surface area contributed by atoms with Crippen molar-refractivity contribution in [2.24, 2.45) is 0 Å². The first-order valence-corrected chi connectivity index (χ1v) is 6.44. The second kappa shape index (κ2) is 4.92. The monoisotopic (exact) mass is 281 g/mol. The molecule has 0 amide bonds. The highest BCUT2D eigenvalue weighted by Gasteiger charge is 2.11. The van der Waals surface area contributed by atoms with Crippen LogP contribution in [0.2, 0.25) is 0 Å². The molecule has 0 fully saturated rings. The fourth-order valence-electron chi connectivity index (χ4n) is 1.58. The Labute approximate surface area is 102 Å². The lowest BCUT2D eigenvalue weighted by Crippen LogP contribution is -2.16. The van der Waals surface area contributed by atoms with Gasteiger partial charge in [-0.15, -0.1) is 11.3 Å². The Hall–Kier alpha value is -0.640. The molecule has 3 heteroatoms. The van der Waals surface area contributed by atoms with Crippen molar-refractivity contribution in [1.82, 2.24) is 5.32 Å². The van der Waals surface area contributed by atoms with Gasteiger partial charge in [-0.1, -0.05) is 34.1 Å². The quantitative estimate of drug-likeness (QED) is 0.902. The minimum atomic E-state index is 0.304. The lowest BCUT2D eigenvalue weighted by Gasteiger charge is -2.14. The molecule has 1 nitrogen and oxygen atoms in total. The molecule has 0 bridgehead atoms. The van der Waals surface area contributed by atoms with Crippen LogP contribution in [0.1, 0.15) is 16.5 Å². The van der Waals surface area contributed by atoms with Gasteiger partial charge in [-0.2, -0.15) is 0 Å². The first-order valence-electron chi connectivity index (χ1n) is 4.77. The van der Waals surface area contributed by atoms with Crippen molar-refractivity contribution in [3.63, 3.8) is 0 Å². The number of hydrogen-bond donors (Lipinski definition) is 1. The third-order valence-electron chi connectivity index (χ3n) is 2.32. The Kier molecular flexibility index (Phi) is 3.57. The van der Waals surface area contributed by atoms with Crippen molar-refractivity contribution in [2.45, 2.75) is 6.04 Å². The van der Waals surface area contributed by atoms with Gasteiger partial charge in [0.1, 0.15) is 0 Å². The highest BCUT2D eigenvalue weighted by Crippen LogP contribution is 2.26. The SMILES string of the molecule is CNC(c1ccc(Br)cc1)c1cccs1. The lowest BCUT2D eigenvalue weighted by atomic mass is 10.1. The van der Waals surface area contributed by atoms with E-state index in [-0.39, 0.29) is 0 Å². The van der Waals surface area contributed by atoms with E-state index < -0.39 is 0 Å². The third-order valence-corrected chi connectivity index (χ3v) is 3.79. The molecule has 0 aliphatic rings. The molecule has 0 saturated carbocycles. The summed E-state index contributed by atoms with van der Waals surface area (Å²) in [5.41, 5.74) is 1.29. The normalized spacial score (nSPS) is 12.7. The summed E-state index contributed by atoms with van der Waals surface area (Å²) in [4.78, 5) is 1.35. The highest BCUT2D eigenvalue weighted by atomic mass is 79.9. The molecule has 0 aliphatic heterocycles. The van der Waals surface area contributed by atoms with Crippen molar-refractivity contribution in [2.75, 3.05) is 7.05 Å². The van der Waals surface area contributed by atoms with Crippen LogP contribution in [0.25, 0.3) is 0 Å². The maximum atomic E-state index is 3.45. The van der Waals surface area contributed by atoms with Gasteiger partial charge in [-0.25, -0.2) is 0 Å². The molecular weight excluding hydrogens is 270 g/mol. The summed E-state index contributed by atoms with van der Waals surface area (Å²) in [6.07, 6.45) is 0. The summed E-state index contributed by atoms with van der Waals surface area (Å²) in [7, 11) is 1.99. The smallest absolute Gasteiger partial charge is 0.0668 e. The van der Waals surface area contributed by atoms with Gasteiger partial charge in [-0.05, 0) is 36.2 Å². The second-order valence-electron chi connectivity index (χ2n) is 3.29. The highest BCUT2D eigenvalue weighted by molar-refractivity contribution is 9.10. The van der Waals surface area contributed by atoms with Gasteiger partial charge >= 0.3 is 0 Å². The van der Waals surface area contributed by atoms with E-state index >= 15 is 0 Å². The maximum absolute atomic E-state index is 3.45. The molecule has 1 aromatic carbocycles. The zero-order chi connectivity index (χ0) is 10.7. The second-order valence-corrected chi connectivity index (χ2v) is 5.18. The number of halogens is 1. The van der Waals surface area contributed by atoms with E-state index in [1.54, 1.807) is 11.3 Å². The minimum absolute atomic E-state index is 0.304. The van der Waals surface area contributed by atoms with E-state index in [2.05, 4.69) is 63.0 Å². The largest absolute Gasteiger partial charge is 0.309 e. The van der Waals surface area contributed by atoms with Crippen molar-refractivity contribution in [1.29, 1.82) is 0 Å². The fourth-order valence-corrected chi connectivity index (χ4v) is 2.71. The van der Waals surface area contributed by atoms with Gasteiger partial charge in [0.15, 0.2) is 0 Å². The van der Waals surface area contributed by atoms with E-state index in [1.165, 1.54) is 10.4 Å². The molecular formula is C12H12BrNS. The molecule has 1 unspecified atom stereocenters. The van der Waals surface area contributed by atoms with Crippen molar-refractivity contribution < 1.29 is 0 Å². The fraction of sp³-hybridized carbons (Fsp3) is 0.167. The molecule has 15 heavy (non-hydrogen) atoms. The molecule has 78 valence electrons. The van der Waals surface area contributed by atoms with Crippen LogP contribution in [0.5, 0.6) is 0 Å². The molecule has 2 rings (SSSR count). The van der Waals surface area contributed by atoms with Gasteiger partial charge in [0.25, 0.3) is 0 Å². The number of benzene rings is 1.